The van der Waals surface area contributed by atoms with Gasteiger partial charge in [0.05, 0.1) is 0 Å². The van der Waals surface area contributed by atoms with Crippen molar-refractivity contribution in [1.29, 1.82) is 0 Å². The number of hydrogen-bond donors (Lipinski definition) is 3. The number of phenolic OH excluding ortho intramolecular Hbond substituents is 1. The number of aromatic hydroxyl groups is 1. The molecule has 1 atom stereocenters. The molecule has 0 fully saturated rings. The van der Waals surface area contributed by atoms with Crippen LogP contribution in [0.3, 0.4) is 0 Å². The van der Waals surface area contributed by atoms with Gasteiger partial charge in [-0.2, -0.15) is 0 Å². The Morgan fingerprint density at radius 1 is 1.46 bits per heavy atom. The Hall–Kier alpha value is -1.13. The van der Waals surface area contributed by atoms with E-state index in [-0.39, 0.29) is 5.75 Å². The first-order chi connectivity index (χ1) is 6.16. The van der Waals surface area contributed by atoms with Crippen LogP contribution in [0, 0.1) is 5.82 Å². The van der Waals surface area contributed by atoms with Gasteiger partial charge in [0, 0.05) is 11.6 Å². The Balaban J connectivity index is 2.93. The van der Waals surface area contributed by atoms with Gasteiger partial charge in [-0.15, -0.1) is 0 Å². The topological polar surface area (TPSA) is 72.3 Å². The molecule has 13 heavy (non-hydrogen) atoms. The molecule has 1 aromatic rings. The lowest BCUT2D eigenvalue weighted by atomic mass is 10.0. The molecule has 0 saturated carbocycles. The summed E-state index contributed by atoms with van der Waals surface area (Å²) < 4.78 is 12.8. The molecule has 3 nitrogen and oxygen atoms in total. The van der Waals surface area contributed by atoms with Crippen LogP contribution in [0.15, 0.2) is 18.2 Å². The largest absolute Gasteiger partial charge is 0.505 e. The SMILES string of the molecule is NCC[C@H](N)c1cccc(F)c1O. The maximum Gasteiger partial charge on any atom is 0.165 e. The summed E-state index contributed by atoms with van der Waals surface area (Å²) in [7, 11) is 0. The van der Waals surface area contributed by atoms with Gasteiger partial charge < -0.3 is 16.6 Å². The summed E-state index contributed by atoms with van der Waals surface area (Å²) in [5, 5.41) is 9.30. The summed E-state index contributed by atoms with van der Waals surface area (Å²) in [6.45, 7) is 0.414. The predicted molar refractivity (Wildman–Crippen MR) is 48.7 cm³/mol. The van der Waals surface area contributed by atoms with Crippen molar-refractivity contribution in [2.45, 2.75) is 12.5 Å². The minimum absolute atomic E-state index is 0.372. The molecule has 72 valence electrons. The number of rotatable bonds is 3. The highest BCUT2D eigenvalue weighted by Gasteiger charge is 2.12. The Labute approximate surface area is 76.2 Å². The highest BCUT2D eigenvalue weighted by atomic mass is 19.1. The second-order valence-electron chi connectivity index (χ2n) is 2.86. The van der Waals surface area contributed by atoms with Crippen LogP contribution < -0.4 is 11.5 Å². The molecule has 0 amide bonds. The molecule has 0 unspecified atom stereocenters. The van der Waals surface area contributed by atoms with Gasteiger partial charge in [0.25, 0.3) is 0 Å². The van der Waals surface area contributed by atoms with E-state index >= 15 is 0 Å². The van der Waals surface area contributed by atoms with E-state index in [4.69, 9.17) is 11.5 Å². The van der Waals surface area contributed by atoms with Crippen molar-refractivity contribution in [2.24, 2.45) is 11.5 Å². The van der Waals surface area contributed by atoms with Gasteiger partial charge in [0.1, 0.15) is 0 Å². The molecule has 5 N–H and O–H groups in total. The zero-order valence-corrected chi connectivity index (χ0v) is 7.20. The number of phenols is 1. The summed E-state index contributed by atoms with van der Waals surface area (Å²) in [6.07, 6.45) is 0.525. The zero-order valence-electron chi connectivity index (χ0n) is 7.20. The average Bonchev–Trinajstić information content (AvgIpc) is 2.10. The minimum Gasteiger partial charge on any atom is -0.505 e. The molecule has 1 rings (SSSR count). The van der Waals surface area contributed by atoms with Gasteiger partial charge >= 0.3 is 0 Å². The molecule has 0 aromatic heterocycles. The first-order valence-electron chi connectivity index (χ1n) is 4.10. The number of halogens is 1. The zero-order chi connectivity index (χ0) is 9.84. The van der Waals surface area contributed by atoms with E-state index in [0.29, 0.717) is 18.5 Å². The third-order valence-electron chi connectivity index (χ3n) is 1.90. The minimum atomic E-state index is -0.648. The van der Waals surface area contributed by atoms with Crippen LogP contribution in [0.2, 0.25) is 0 Å². The average molecular weight is 184 g/mol. The van der Waals surface area contributed by atoms with E-state index < -0.39 is 11.9 Å². The fraction of sp³-hybridized carbons (Fsp3) is 0.333. The van der Waals surface area contributed by atoms with E-state index in [0.717, 1.165) is 0 Å². The van der Waals surface area contributed by atoms with Crippen LogP contribution in [-0.2, 0) is 0 Å². The third kappa shape index (κ3) is 2.17. The van der Waals surface area contributed by atoms with Crippen LogP contribution in [-0.4, -0.2) is 11.7 Å². The van der Waals surface area contributed by atoms with Crippen molar-refractivity contribution in [1.82, 2.24) is 0 Å². The van der Waals surface area contributed by atoms with Crippen molar-refractivity contribution in [2.75, 3.05) is 6.54 Å². The Bertz CT molecular complexity index is 291. The number of benzene rings is 1. The summed E-state index contributed by atoms with van der Waals surface area (Å²) in [4.78, 5) is 0. The smallest absolute Gasteiger partial charge is 0.165 e. The fourth-order valence-corrected chi connectivity index (χ4v) is 1.17. The van der Waals surface area contributed by atoms with Gasteiger partial charge in [-0.1, -0.05) is 12.1 Å². The highest BCUT2D eigenvalue weighted by molar-refractivity contribution is 5.35. The molecule has 1 aromatic carbocycles. The number of nitrogens with two attached hydrogens (primary N) is 2. The van der Waals surface area contributed by atoms with Crippen LogP contribution in [0.1, 0.15) is 18.0 Å². The lowest BCUT2D eigenvalue weighted by Gasteiger charge is -2.12. The molecule has 4 heteroatoms. The molecular weight excluding hydrogens is 171 g/mol. The third-order valence-corrected chi connectivity index (χ3v) is 1.90. The fourth-order valence-electron chi connectivity index (χ4n) is 1.17. The second-order valence-corrected chi connectivity index (χ2v) is 2.86. The van der Waals surface area contributed by atoms with E-state index in [9.17, 15) is 9.50 Å². The van der Waals surface area contributed by atoms with E-state index in [1.54, 1.807) is 6.07 Å². The summed E-state index contributed by atoms with van der Waals surface area (Å²) >= 11 is 0. The second kappa shape index (κ2) is 4.20. The maximum absolute atomic E-state index is 12.8. The molecule has 0 aliphatic rings. The van der Waals surface area contributed by atoms with Crippen molar-refractivity contribution in [3.63, 3.8) is 0 Å². The predicted octanol–water partition coefficient (Wildman–Crippen LogP) is 0.880. The molecular formula is C9H13FN2O. The van der Waals surface area contributed by atoms with Crippen LogP contribution in [0.4, 0.5) is 4.39 Å². The maximum atomic E-state index is 12.8. The van der Waals surface area contributed by atoms with E-state index in [2.05, 4.69) is 0 Å². The Morgan fingerprint density at radius 3 is 2.77 bits per heavy atom. The lowest BCUT2D eigenvalue weighted by molar-refractivity contribution is 0.419. The molecule has 0 heterocycles. The first kappa shape index (κ1) is 9.95. The van der Waals surface area contributed by atoms with Crippen LogP contribution in [0.5, 0.6) is 5.75 Å². The highest BCUT2D eigenvalue weighted by Crippen LogP contribution is 2.26. The lowest BCUT2D eigenvalue weighted by Crippen LogP contribution is -2.15. The molecule has 0 aliphatic heterocycles. The summed E-state index contributed by atoms with van der Waals surface area (Å²) in [6, 6.07) is 3.90. The summed E-state index contributed by atoms with van der Waals surface area (Å²) in [5.41, 5.74) is 11.4. The van der Waals surface area contributed by atoms with Crippen molar-refractivity contribution >= 4 is 0 Å². The normalized spacial score (nSPS) is 12.8. The van der Waals surface area contributed by atoms with Gasteiger partial charge in [0.2, 0.25) is 0 Å². The standard InChI is InChI=1S/C9H13FN2O/c10-7-3-1-2-6(9(7)13)8(12)4-5-11/h1-3,8,13H,4-5,11-12H2/t8-/m0/s1. The summed E-state index contributed by atoms with van der Waals surface area (Å²) in [5.74, 6) is -1.02. The van der Waals surface area contributed by atoms with Crippen LogP contribution in [0.25, 0.3) is 0 Å². The molecule has 0 radical (unpaired) electrons. The van der Waals surface area contributed by atoms with E-state index in [1.807, 2.05) is 0 Å². The molecule has 0 saturated heterocycles. The van der Waals surface area contributed by atoms with Gasteiger partial charge in [-0.3, -0.25) is 0 Å². The van der Waals surface area contributed by atoms with Crippen molar-refractivity contribution in [3.05, 3.63) is 29.6 Å². The first-order valence-corrected chi connectivity index (χ1v) is 4.10. The quantitative estimate of drug-likeness (QED) is 0.653. The molecule has 0 spiro atoms. The monoisotopic (exact) mass is 184 g/mol. The molecule has 0 aliphatic carbocycles. The van der Waals surface area contributed by atoms with Gasteiger partial charge in [-0.05, 0) is 19.0 Å². The van der Waals surface area contributed by atoms with E-state index in [1.165, 1.54) is 12.1 Å². The van der Waals surface area contributed by atoms with Crippen LogP contribution >= 0.6 is 0 Å². The number of para-hydroxylation sites is 1. The van der Waals surface area contributed by atoms with Crippen molar-refractivity contribution in [3.8, 4) is 5.75 Å². The Morgan fingerprint density at radius 2 is 2.15 bits per heavy atom. The Kier molecular flexibility index (Phi) is 3.22. The molecule has 0 bridgehead atoms. The van der Waals surface area contributed by atoms with Gasteiger partial charge in [-0.25, -0.2) is 4.39 Å². The number of hydrogen-bond acceptors (Lipinski definition) is 3. The van der Waals surface area contributed by atoms with Gasteiger partial charge in [0.15, 0.2) is 11.6 Å². The van der Waals surface area contributed by atoms with Crippen molar-refractivity contribution < 1.29 is 9.50 Å².